The molecule has 0 N–H and O–H groups in total. The Morgan fingerprint density at radius 1 is 1.00 bits per heavy atom. The van der Waals surface area contributed by atoms with Crippen LogP contribution in [-0.2, 0) is 0 Å². The molecule has 0 aromatic rings. The minimum atomic E-state index is 0.891. The number of allylic oxidation sites excluding steroid dienone is 2. The van der Waals surface area contributed by atoms with Crippen LogP contribution in [-0.4, -0.2) is 0 Å². The molecule has 0 amide bonds. The van der Waals surface area contributed by atoms with Gasteiger partial charge in [-0.2, -0.15) is 0 Å². The summed E-state index contributed by atoms with van der Waals surface area (Å²) in [4.78, 5) is 0. The molecule has 1 saturated carbocycles. The minimum absolute atomic E-state index is 0.891. The van der Waals surface area contributed by atoms with Crippen molar-refractivity contribution in [3.05, 3.63) is 11.1 Å². The summed E-state index contributed by atoms with van der Waals surface area (Å²) in [5.41, 5.74) is 3.87. The van der Waals surface area contributed by atoms with Crippen molar-refractivity contribution in [3.63, 3.8) is 0 Å². The van der Waals surface area contributed by atoms with Crippen LogP contribution in [0, 0.1) is 29.6 Å². The van der Waals surface area contributed by atoms with E-state index in [2.05, 4.69) is 20.8 Å². The standard InChI is InChI=1S/C18H30/c1-12(2)14-7-10-17-15(11-14)8-9-16-13(3)5-4-6-18(16)17/h12-14,16,18H,4-11H2,1-3H3/t13-,14?,16?,18?/m0/s1. The number of hydrogen-bond donors (Lipinski definition) is 0. The highest BCUT2D eigenvalue weighted by molar-refractivity contribution is 5.25. The Bertz CT molecular complexity index is 336. The first kappa shape index (κ1) is 12.8. The van der Waals surface area contributed by atoms with Gasteiger partial charge in [0, 0.05) is 0 Å². The first-order valence-corrected chi connectivity index (χ1v) is 8.37. The molecule has 0 aromatic carbocycles. The normalized spacial score (nSPS) is 40.7. The summed E-state index contributed by atoms with van der Waals surface area (Å²) in [5.74, 6) is 4.93. The van der Waals surface area contributed by atoms with E-state index < -0.39 is 0 Å². The molecule has 4 atom stereocenters. The lowest BCUT2D eigenvalue weighted by molar-refractivity contribution is 0.154. The van der Waals surface area contributed by atoms with Gasteiger partial charge in [-0.3, -0.25) is 0 Å². The van der Waals surface area contributed by atoms with E-state index >= 15 is 0 Å². The first-order chi connectivity index (χ1) is 8.66. The molecule has 0 bridgehead atoms. The summed E-state index contributed by atoms with van der Waals surface area (Å²) in [6.45, 7) is 7.36. The van der Waals surface area contributed by atoms with Crippen molar-refractivity contribution in [2.75, 3.05) is 0 Å². The summed E-state index contributed by atoms with van der Waals surface area (Å²) in [5, 5.41) is 0. The van der Waals surface area contributed by atoms with Gasteiger partial charge in [-0.1, -0.05) is 44.8 Å². The molecule has 18 heavy (non-hydrogen) atoms. The lowest BCUT2D eigenvalue weighted by Gasteiger charge is -2.45. The molecule has 0 aromatic heterocycles. The Labute approximate surface area is 113 Å². The maximum Gasteiger partial charge on any atom is -0.0170 e. The Hall–Kier alpha value is -0.260. The molecule has 3 aliphatic carbocycles. The van der Waals surface area contributed by atoms with E-state index in [1.807, 2.05) is 11.1 Å². The average molecular weight is 246 g/mol. The summed E-state index contributed by atoms with van der Waals surface area (Å²) in [6, 6.07) is 0. The Morgan fingerprint density at radius 3 is 2.61 bits per heavy atom. The summed E-state index contributed by atoms with van der Waals surface area (Å²) < 4.78 is 0. The van der Waals surface area contributed by atoms with Crippen LogP contribution >= 0.6 is 0 Å². The van der Waals surface area contributed by atoms with Crippen molar-refractivity contribution >= 4 is 0 Å². The summed E-state index contributed by atoms with van der Waals surface area (Å²) in [6.07, 6.45) is 11.8. The highest BCUT2D eigenvalue weighted by Crippen LogP contribution is 2.51. The van der Waals surface area contributed by atoms with Crippen LogP contribution in [0.3, 0.4) is 0 Å². The Morgan fingerprint density at radius 2 is 1.83 bits per heavy atom. The Balaban J connectivity index is 1.80. The zero-order valence-corrected chi connectivity index (χ0v) is 12.5. The molecule has 0 radical (unpaired) electrons. The van der Waals surface area contributed by atoms with Crippen LogP contribution in [0.2, 0.25) is 0 Å². The van der Waals surface area contributed by atoms with Crippen molar-refractivity contribution in [2.24, 2.45) is 29.6 Å². The van der Waals surface area contributed by atoms with Crippen LogP contribution < -0.4 is 0 Å². The second-order valence-electron chi connectivity index (χ2n) is 7.59. The maximum atomic E-state index is 2.52. The predicted octanol–water partition coefficient (Wildman–Crippen LogP) is 5.59. The topological polar surface area (TPSA) is 0 Å². The van der Waals surface area contributed by atoms with Crippen molar-refractivity contribution < 1.29 is 0 Å². The first-order valence-electron chi connectivity index (χ1n) is 8.37. The second-order valence-corrected chi connectivity index (χ2v) is 7.59. The molecule has 3 unspecified atom stereocenters. The van der Waals surface area contributed by atoms with Gasteiger partial charge in [0.15, 0.2) is 0 Å². The fourth-order valence-corrected chi connectivity index (χ4v) is 5.09. The largest absolute Gasteiger partial charge is 0.0704 e. The molecule has 3 aliphatic rings. The molecule has 0 aliphatic heterocycles. The van der Waals surface area contributed by atoms with E-state index in [0.29, 0.717) is 0 Å². The monoisotopic (exact) mass is 246 g/mol. The van der Waals surface area contributed by atoms with Gasteiger partial charge in [0.25, 0.3) is 0 Å². The SMILES string of the molecule is CC(C)C1CCC2=C(CCC3C2CCC[C@@H]3C)C1. The van der Waals surface area contributed by atoms with Crippen molar-refractivity contribution in [2.45, 2.75) is 72.1 Å². The lowest BCUT2D eigenvalue weighted by atomic mass is 9.60. The van der Waals surface area contributed by atoms with Gasteiger partial charge in [0.05, 0.1) is 0 Å². The summed E-state index contributed by atoms with van der Waals surface area (Å²) >= 11 is 0. The third kappa shape index (κ3) is 2.17. The van der Waals surface area contributed by atoms with Gasteiger partial charge >= 0.3 is 0 Å². The molecule has 0 heterocycles. The van der Waals surface area contributed by atoms with Crippen molar-refractivity contribution in [3.8, 4) is 0 Å². The lowest BCUT2D eigenvalue weighted by Crippen LogP contribution is -2.33. The van der Waals surface area contributed by atoms with Gasteiger partial charge in [-0.15, -0.1) is 0 Å². The minimum Gasteiger partial charge on any atom is -0.0704 e. The van der Waals surface area contributed by atoms with Crippen LogP contribution in [0.5, 0.6) is 0 Å². The van der Waals surface area contributed by atoms with Crippen LogP contribution in [0.25, 0.3) is 0 Å². The molecule has 0 heteroatoms. The molecule has 0 nitrogen and oxygen atoms in total. The van der Waals surface area contributed by atoms with Crippen molar-refractivity contribution in [1.82, 2.24) is 0 Å². The van der Waals surface area contributed by atoms with Crippen molar-refractivity contribution in [1.29, 1.82) is 0 Å². The van der Waals surface area contributed by atoms with Crippen LogP contribution in [0.1, 0.15) is 72.1 Å². The second kappa shape index (κ2) is 5.02. The fraction of sp³-hybridized carbons (Fsp3) is 0.889. The van der Waals surface area contributed by atoms with E-state index in [4.69, 9.17) is 0 Å². The third-order valence-corrected chi connectivity index (χ3v) is 6.34. The Kier molecular flexibility index (Phi) is 3.56. The van der Waals surface area contributed by atoms with Gasteiger partial charge in [-0.05, 0) is 68.1 Å². The highest BCUT2D eigenvalue weighted by atomic mass is 14.4. The highest BCUT2D eigenvalue weighted by Gasteiger charge is 2.38. The molecular weight excluding hydrogens is 216 g/mol. The smallest absolute Gasteiger partial charge is 0.0170 e. The number of fused-ring (bicyclic) bond motifs is 2. The molecule has 102 valence electrons. The third-order valence-electron chi connectivity index (χ3n) is 6.34. The van der Waals surface area contributed by atoms with Crippen LogP contribution in [0.15, 0.2) is 11.1 Å². The van der Waals surface area contributed by atoms with Crippen LogP contribution in [0.4, 0.5) is 0 Å². The molecule has 3 rings (SSSR count). The number of rotatable bonds is 1. The fourth-order valence-electron chi connectivity index (χ4n) is 5.09. The number of hydrogen-bond acceptors (Lipinski definition) is 0. The quantitative estimate of drug-likeness (QED) is 0.529. The van der Waals surface area contributed by atoms with Gasteiger partial charge in [0.1, 0.15) is 0 Å². The van der Waals surface area contributed by atoms with Gasteiger partial charge in [-0.25, -0.2) is 0 Å². The predicted molar refractivity (Wildman–Crippen MR) is 78.4 cm³/mol. The zero-order chi connectivity index (χ0) is 12.7. The molecule has 0 saturated heterocycles. The molecular formula is C18H30. The van der Waals surface area contributed by atoms with E-state index in [0.717, 1.165) is 29.6 Å². The van der Waals surface area contributed by atoms with E-state index in [1.165, 1.54) is 51.4 Å². The van der Waals surface area contributed by atoms with E-state index in [1.54, 1.807) is 0 Å². The van der Waals surface area contributed by atoms with Gasteiger partial charge in [0.2, 0.25) is 0 Å². The van der Waals surface area contributed by atoms with Gasteiger partial charge < -0.3 is 0 Å². The molecule has 1 fully saturated rings. The summed E-state index contributed by atoms with van der Waals surface area (Å²) in [7, 11) is 0. The molecule has 0 spiro atoms. The van der Waals surface area contributed by atoms with E-state index in [9.17, 15) is 0 Å². The van der Waals surface area contributed by atoms with E-state index in [-0.39, 0.29) is 0 Å². The maximum absolute atomic E-state index is 2.52. The zero-order valence-electron chi connectivity index (χ0n) is 12.5. The average Bonchev–Trinajstić information content (AvgIpc) is 2.38.